The Morgan fingerprint density at radius 1 is 1.00 bits per heavy atom. The van der Waals surface area contributed by atoms with E-state index in [0.29, 0.717) is 5.92 Å². The van der Waals surface area contributed by atoms with Crippen LogP contribution < -0.4 is 0 Å². The fourth-order valence-electron chi connectivity index (χ4n) is 2.93. The number of rotatable bonds is 5. The van der Waals surface area contributed by atoms with Crippen LogP contribution in [0.5, 0.6) is 0 Å². The monoisotopic (exact) mass is 276 g/mol. The van der Waals surface area contributed by atoms with Gasteiger partial charge in [-0.15, -0.1) is 0 Å². The van der Waals surface area contributed by atoms with Gasteiger partial charge >= 0.3 is 0 Å². The molecule has 1 saturated heterocycles. The molecule has 0 radical (unpaired) electrons. The Hall–Kier alpha value is -0.900. The van der Waals surface area contributed by atoms with Crippen LogP contribution in [0.4, 0.5) is 0 Å². The quantitative estimate of drug-likeness (QED) is 0.895. The van der Waals surface area contributed by atoms with E-state index in [1.54, 1.807) is 0 Å². The lowest BCUT2D eigenvalue weighted by molar-refractivity contribution is 0.0672. The maximum absolute atomic E-state index is 9.78. The smallest absolute Gasteiger partial charge is 0.0628 e. The van der Waals surface area contributed by atoms with Gasteiger partial charge in [0.15, 0.2) is 0 Å². The number of likely N-dealkylation sites (N-methyl/N-ethyl adjacent to an activating group) is 1. The van der Waals surface area contributed by atoms with Crippen molar-refractivity contribution in [1.82, 2.24) is 9.80 Å². The molecule has 0 aliphatic carbocycles. The van der Waals surface area contributed by atoms with Crippen molar-refractivity contribution in [1.29, 1.82) is 0 Å². The lowest BCUT2D eigenvalue weighted by Crippen LogP contribution is -2.48. The van der Waals surface area contributed by atoms with Gasteiger partial charge in [0, 0.05) is 26.2 Å². The molecule has 1 unspecified atom stereocenters. The van der Waals surface area contributed by atoms with E-state index in [1.165, 1.54) is 11.1 Å². The minimum Gasteiger partial charge on any atom is -0.394 e. The zero-order chi connectivity index (χ0) is 14.5. The summed E-state index contributed by atoms with van der Waals surface area (Å²) in [5, 5.41) is 9.78. The second kappa shape index (κ2) is 7.21. The molecule has 0 spiro atoms. The first-order chi connectivity index (χ1) is 9.65. The molecule has 1 aliphatic heterocycles. The number of nitrogens with zero attached hydrogens (tertiary/aromatic N) is 2. The number of aliphatic hydroxyl groups excluding tert-OH is 1. The number of hydrogen-bond acceptors (Lipinski definition) is 3. The summed E-state index contributed by atoms with van der Waals surface area (Å²) in [6.45, 7) is 12.3. The van der Waals surface area contributed by atoms with E-state index in [2.05, 4.69) is 54.8 Å². The third-order valence-corrected chi connectivity index (χ3v) is 4.46. The van der Waals surface area contributed by atoms with Gasteiger partial charge in [0.1, 0.15) is 0 Å². The van der Waals surface area contributed by atoms with E-state index in [1.807, 2.05) is 0 Å². The van der Waals surface area contributed by atoms with Crippen molar-refractivity contribution in [2.24, 2.45) is 0 Å². The van der Waals surface area contributed by atoms with Gasteiger partial charge in [-0.1, -0.05) is 45.0 Å². The molecule has 1 N–H and O–H groups in total. The van der Waals surface area contributed by atoms with Gasteiger partial charge in [0.05, 0.1) is 12.6 Å². The number of hydrogen-bond donors (Lipinski definition) is 1. The second-order valence-corrected chi connectivity index (χ2v) is 5.99. The van der Waals surface area contributed by atoms with Gasteiger partial charge in [-0.25, -0.2) is 0 Å². The van der Waals surface area contributed by atoms with E-state index < -0.39 is 0 Å². The van der Waals surface area contributed by atoms with Gasteiger partial charge in [-0.3, -0.25) is 4.90 Å². The van der Waals surface area contributed by atoms with E-state index in [4.69, 9.17) is 0 Å². The van der Waals surface area contributed by atoms with E-state index in [0.717, 1.165) is 32.7 Å². The third kappa shape index (κ3) is 3.60. The van der Waals surface area contributed by atoms with Crippen molar-refractivity contribution in [3.8, 4) is 0 Å². The van der Waals surface area contributed by atoms with Crippen LogP contribution in [0.25, 0.3) is 0 Å². The average Bonchev–Trinajstić information content (AvgIpc) is 2.49. The normalized spacial score (nSPS) is 19.4. The zero-order valence-electron chi connectivity index (χ0n) is 13.0. The summed E-state index contributed by atoms with van der Waals surface area (Å²) in [6, 6.07) is 8.91. The first-order valence-electron chi connectivity index (χ1n) is 7.82. The predicted octanol–water partition coefficient (Wildman–Crippen LogP) is 2.48. The Kier molecular flexibility index (Phi) is 5.58. The third-order valence-electron chi connectivity index (χ3n) is 4.46. The lowest BCUT2D eigenvalue weighted by Gasteiger charge is -2.38. The minimum atomic E-state index is 0.148. The molecule has 0 saturated carbocycles. The Balaban J connectivity index is 2.04. The molecule has 1 aliphatic rings. The Labute approximate surface area is 123 Å². The molecule has 1 aromatic rings. The van der Waals surface area contributed by atoms with Gasteiger partial charge in [0.25, 0.3) is 0 Å². The molecule has 3 heteroatoms. The molecule has 1 aromatic carbocycles. The largest absolute Gasteiger partial charge is 0.394 e. The van der Waals surface area contributed by atoms with Gasteiger partial charge in [-0.05, 0) is 23.6 Å². The summed E-state index contributed by atoms with van der Waals surface area (Å²) in [6.07, 6.45) is 0. The Morgan fingerprint density at radius 2 is 1.55 bits per heavy atom. The maximum atomic E-state index is 9.78. The molecule has 0 amide bonds. The zero-order valence-corrected chi connectivity index (χ0v) is 13.0. The van der Waals surface area contributed by atoms with E-state index in [9.17, 15) is 5.11 Å². The van der Waals surface area contributed by atoms with Crippen molar-refractivity contribution < 1.29 is 5.11 Å². The molecule has 2 rings (SSSR count). The summed E-state index contributed by atoms with van der Waals surface area (Å²) >= 11 is 0. The SMILES string of the molecule is CCN1CCN(C(CO)c2ccc(C(C)C)cc2)CC1. The number of benzene rings is 1. The highest BCUT2D eigenvalue weighted by Crippen LogP contribution is 2.24. The first kappa shape index (κ1) is 15.5. The van der Waals surface area contributed by atoms with Crippen LogP contribution in [0.1, 0.15) is 43.9 Å². The van der Waals surface area contributed by atoms with E-state index in [-0.39, 0.29) is 12.6 Å². The molecule has 0 aromatic heterocycles. The second-order valence-electron chi connectivity index (χ2n) is 5.99. The lowest BCUT2D eigenvalue weighted by atomic mass is 9.98. The van der Waals surface area contributed by atoms with Gasteiger partial charge in [0.2, 0.25) is 0 Å². The van der Waals surface area contributed by atoms with Crippen molar-refractivity contribution in [2.45, 2.75) is 32.7 Å². The molecular formula is C17H28N2O. The topological polar surface area (TPSA) is 26.7 Å². The van der Waals surface area contributed by atoms with Crippen LogP contribution in [-0.4, -0.2) is 54.2 Å². The molecule has 1 heterocycles. The number of piperazine rings is 1. The van der Waals surface area contributed by atoms with Crippen LogP contribution in [0.2, 0.25) is 0 Å². The van der Waals surface area contributed by atoms with Crippen LogP contribution >= 0.6 is 0 Å². The maximum Gasteiger partial charge on any atom is 0.0628 e. The fourth-order valence-corrected chi connectivity index (χ4v) is 2.93. The Morgan fingerprint density at radius 3 is 2.00 bits per heavy atom. The minimum absolute atomic E-state index is 0.148. The van der Waals surface area contributed by atoms with Crippen molar-refractivity contribution in [3.63, 3.8) is 0 Å². The highest BCUT2D eigenvalue weighted by molar-refractivity contribution is 5.27. The van der Waals surface area contributed by atoms with Crippen LogP contribution in [-0.2, 0) is 0 Å². The van der Waals surface area contributed by atoms with Crippen LogP contribution in [0.15, 0.2) is 24.3 Å². The molecule has 20 heavy (non-hydrogen) atoms. The van der Waals surface area contributed by atoms with Crippen molar-refractivity contribution in [2.75, 3.05) is 39.3 Å². The Bertz CT molecular complexity index is 394. The molecule has 3 nitrogen and oxygen atoms in total. The van der Waals surface area contributed by atoms with Crippen LogP contribution in [0.3, 0.4) is 0 Å². The van der Waals surface area contributed by atoms with Gasteiger partial charge < -0.3 is 10.0 Å². The molecule has 0 bridgehead atoms. The highest BCUT2D eigenvalue weighted by Gasteiger charge is 2.23. The molecule has 1 fully saturated rings. The standard InChI is InChI=1S/C17H28N2O/c1-4-18-9-11-19(12-10-18)17(13-20)16-7-5-15(6-8-16)14(2)3/h5-8,14,17,20H,4,9-13H2,1-3H3. The van der Waals surface area contributed by atoms with Crippen LogP contribution in [0, 0.1) is 0 Å². The predicted molar refractivity (Wildman–Crippen MR) is 84.0 cm³/mol. The first-order valence-corrected chi connectivity index (χ1v) is 7.82. The summed E-state index contributed by atoms with van der Waals surface area (Å²) < 4.78 is 0. The summed E-state index contributed by atoms with van der Waals surface area (Å²) in [5.74, 6) is 0.560. The summed E-state index contributed by atoms with van der Waals surface area (Å²) in [4.78, 5) is 4.88. The summed E-state index contributed by atoms with van der Waals surface area (Å²) in [7, 11) is 0. The molecule has 112 valence electrons. The van der Waals surface area contributed by atoms with E-state index >= 15 is 0 Å². The molecular weight excluding hydrogens is 248 g/mol. The average molecular weight is 276 g/mol. The van der Waals surface area contributed by atoms with Gasteiger partial charge in [-0.2, -0.15) is 0 Å². The van der Waals surface area contributed by atoms with Crippen molar-refractivity contribution >= 4 is 0 Å². The fraction of sp³-hybridized carbons (Fsp3) is 0.647. The molecule has 1 atom stereocenters. The summed E-state index contributed by atoms with van der Waals surface area (Å²) in [5.41, 5.74) is 2.60. The number of aliphatic hydroxyl groups is 1. The highest BCUT2D eigenvalue weighted by atomic mass is 16.3. The van der Waals surface area contributed by atoms with Crippen molar-refractivity contribution in [3.05, 3.63) is 35.4 Å².